The van der Waals surface area contributed by atoms with Crippen LogP contribution < -0.4 is 16.2 Å². The Morgan fingerprint density at radius 3 is 2.69 bits per heavy atom. The van der Waals surface area contributed by atoms with Gasteiger partial charge < -0.3 is 5.32 Å². The molecule has 0 spiro atoms. The van der Waals surface area contributed by atoms with E-state index >= 15 is 0 Å². The molecule has 1 fully saturated rings. The fraction of sp³-hybridized carbons (Fsp3) is 0.556. The predicted molar refractivity (Wildman–Crippen MR) is 99.9 cm³/mol. The van der Waals surface area contributed by atoms with E-state index in [9.17, 15) is 9.59 Å². The zero-order valence-corrected chi connectivity index (χ0v) is 15.6. The second-order valence-corrected chi connectivity index (χ2v) is 6.82. The number of H-pyrrole nitrogens is 1. The highest BCUT2D eigenvalue weighted by molar-refractivity contribution is 5.88. The van der Waals surface area contributed by atoms with Crippen molar-refractivity contribution in [2.45, 2.75) is 65.3 Å². The van der Waals surface area contributed by atoms with Crippen LogP contribution in [-0.2, 0) is 6.42 Å². The number of anilines is 1. The van der Waals surface area contributed by atoms with Crippen LogP contribution in [-0.4, -0.2) is 31.8 Å². The molecule has 0 aliphatic heterocycles. The maximum Gasteiger partial charge on any atom is 0.320 e. The van der Waals surface area contributed by atoms with Crippen LogP contribution in [0.25, 0.3) is 5.95 Å². The molecular weight excluding hydrogens is 332 g/mol. The maximum atomic E-state index is 12.4. The van der Waals surface area contributed by atoms with E-state index in [0.717, 1.165) is 31.4 Å². The number of urea groups is 1. The van der Waals surface area contributed by atoms with Gasteiger partial charge in [-0.3, -0.25) is 15.1 Å². The summed E-state index contributed by atoms with van der Waals surface area (Å²) < 4.78 is 1.46. The van der Waals surface area contributed by atoms with Crippen LogP contribution in [0.5, 0.6) is 0 Å². The zero-order chi connectivity index (χ0) is 18.7. The molecule has 0 unspecified atom stereocenters. The summed E-state index contributed by atoms with van der Waals surface area (Å²) in [4.78, 5) is 31.8. The van der Waals surface area contributed by atoms with Gasteiger partial charge in [-0.2, -0.15) is 9.78 Å². The highest BCUT2D eigenvalue weighted by Gasteiger charge is 2.18. The van der Waals surface area contributed by atoms with Crippen molar-refractivity contribution >= 4 is 11.8 Å². The van der Waals surface area contributed by atoms with Gasteiger partial charge in [0.05, 0.1) is 5.69 Å². The summed E-state index contributed by atoms with van der Waals surface area (Å²) in [6, 6.07) is 1.70. The van der Waals surface area contributed by atoms with Crippen LogP contribution in [0, 0.1) is 13.8 Å². The minimum atomic E-state index is -0.262. The van der Waals surface area contributed by atoms with Crippen molar-refractivity contribution in [1.29, 1.82) is 0 Å². The fourth-order valence-corrected chi connectivity index (χ4v) is 3.45. The van der Waals surface area contributed by atoms with E-state index in [1.807, 2.05) is 13.8 Å². The summed E-state index contributed by atoms with van der Waals surface area (Å²) >= 11 is 0. The quantitative estimate of drug-likeness (QED) is 0.781. The Morgan fingerprint density at radius 1 is 1.31 bits per heavy atom. The van der Waals surface area contributed by atoms with E-state index in [2.05, 4.69) is 25.7 Å². The van der Waals surface area contributed by atoms with Crippen LogP contribution >= 0.6 is 0 Å². The number of aryl methyl sites for hydroxylation is 2. The first kappa shape index (κ1) is 18.2. The summed E-state index contributed by atoms with van der Waals surface area (Å²) in [6.45, 7) is 5.54. The van der Waals surface area contributed by atoms with E-state index in [0.29, 0.717) is 29.4 Å². The van der Waals surface area contributed by atoms with E-state index in [1.165, 1.54) is 11.1 Å². The van der Waals surface area contributed by atoms with Crippen LogP contribution in [0.3, 0.4) is 0 Å². The van der Waals surface area contributed by atoms with Gasteiger partial charge in [0.15, 0.2) is 0 Å². The summed E-state index contributed by atoms with van der Waals surface area (Å²) in [5.74, 6) is 0.772. The molecule has 3 N–H and O–H groups in total. The molecule has 26 heavy (non-hydrogen) atoms. The lowest BCUT2D eigenvalue weighted by Crippen LogP contribution is -2.39. The first-order valence-corrected chi connectivity index (χ1v) is 9.22. The smallest absolute Gasteiger partial charge is 0.320 e. The van der Waals surface area contributed by atoms with Gasteiger partial charge >= 0.3 is 6.03 Å². The Balaban J connectivity index is 1.82. The summed E-state index contributed by atoms with van der Waals surface area (Å²) in [5, 5.41) is 10.2. The lowest BCUT2D eigenvalue weighted by atomic mass is 9.96. The first-order chi connectivity index (χ1) is 12.5. The van der Waals surface area contributed by atoms with E-state index in [4.69, 9.17) is 0 Å². The Bertz CT molecular complexity index is 848. The number of aromatic amines is 1. The fourth-order valence-electron chi connectivity index (χ4n) is 3.45. The van der Waals surface area contributed by atoms with Crippen molar-refractivity contribution in [2.75, 3.05) is 5.32 Å². The third-order valence-corrected chi connectivity index (χ3v) is 4.78. The van der Waals surface area contributed by atoms with Crippen molar-refractivity contribution in [3.05, 3.63) is 33.4 Å². The Kier molecular flexibility index (Phi) is 5.39. The van der Waals surface area contributed by atoms with Crippen molar-refractivity contribution in [3.8, 4) is 5.95 Å². The Hall–Kier alpha value is -2.64. The van der Waals surface area contributed by atoms with E-state index in [1.54, 1.807) is 13.0 Å². The average Bonchev–Trinajstić information content (AvgIpc) is 2.95. The molecule has 1 aliphatic carbocycles. The number of aromatic nitrogens is 4. The number of carbonyl (C=O) groups excluding carboxylic acids is 1. The van der Waals surface area contributed by atoms with Crippen LogP contribution in [0.2, 0.25) is 0 Å². The minimum absolute atomic E-state index is 0.180. The molecule has 0 aromatic carbocycles. The molecule has 140 valence electrons. The van der Waals surface area contributed by atoms with Gasteiger partial charge in [0, 0.05) is 23.4 Å². The van der Waals surface area contributed by atoms with E-state index < -0.39 is 0 Å². The SMILES string of the molecule is CCc1c(C)nc(-n2nc(C)cc2NC(=O)NC2CCCCC2)[nH]c1=O. The van der Waals surface area contributed by atoms with Gasteiger partial charge in [0.1, 0.15) is 5.82 Å². The van der Waals surface area contributed by atoms with Crippen molar-refractivity contribution < 1.29 is 4.79 Å². The largest absolute Gasteiger partial charge is 0.335 e. The normalized spacial score (nSPS) is 15.0. The summed E-state index contributed by atoms with van der Waals surface area (Å²) in [6.07, 6.45) is 6.17. The number of nitrogens with one attached hydrogen (secondary N) is 3. The number of rotatable bonds is 4. The third kappa shape index (κ3) is 3.95. The van der Waals surface area contributed by atoms with Gasteiger partial charge in [-0.1, -0.05) is 26.2 Å². The van der Waals surface area contributed by atoms with Crippen molar-refractivity contribution in [3.63, 3.8) is 0 Å². The average molecular weight is 358 g/mol. The Morgan fingerprint density at radius 2 is 2.04 bits per heavy atom. The van der Waals surface area contributed by atoms with Crippen LogP contribution in [0.4, 0.5) is 10.6 Å². The number of carbonyl (C=O) groups is 1. The third-order valence-electron chi connectivity index (χ3n) is 4.78. The lowest BCUT2D eigenvalue weighted by Gasteiger charge is -2.22. The second kappa shape index (κ2) is 7.72. The predicted octanol–water partition coefficient (Wildman–Crippen LogP) is 2.59. The molecule has 2 amide bonds. The van der Waals surface area contributed by atoms with Crippen molar-refractivity contribution in [1.82, 2.24) is 25.1 Å². The molecule has 0 radical (unpaired) electrons. The number of amides is 2. The zero-order valence-electron chi connectivity index (χ0n) is 15.6. The summed E-state index contributed by atoms with van der Waals surface area (Å²) in [7, 11) is 0. The van der Waals surface area contributed by atoms with Crippen LogP contribution in [0.1, 0.15) is 56.0 Å². The highest BCUT2D eigenvalue weighted by atomic mass is 16.2. The monoisotopic (exact) mass is 358 g/mol. The second-order valence-electron chi connectivity index (χ2n) is 6.82. The number of hydrogen-bond acceptors (Lipinski definition) is 4. The van der Waals surface area contributed by atoms with Gasteiger partial charge in [-0.15, -0.1) is 0 Å². The standard InChI is InChI=1S/C18H26N6O2/c1-4-14-12(3)19-17(22-16(14)25)24-15(10-11(2)23-24)21-18(26)20-13-8-6-5-7-9-13/h10,13H,4-9H2,1-3H3,(H,19,22,25)(H2,20,21,26). The molecule has 2 aromatic heterocycles. The van der Waals surface area contributed by atoms with Gasteiger partial charge in [-0.05, 0) is 33.1 Å². The molecule has 2 aromatic rings. The maximum absolute atomic E-state index is 12.4. The molecule has 1 saturated carbocycles. The van der Waals surface area contributed by atoms with Gasteiger partial charge in [0.2, 0.25) is 5.95 Å². The van der Waals surface area contributed by atoms with E-state index in [-0.39, 0.29) is 17.6 Å². The highest BCUT2D eigenvalue weighted by Crippen LogP contribution is 2.18. The molecule has 8 nitrogen and oxygen atoms in total. The van der Waals surface area contributed by atoms with Gasteiger partial charge in [0.25, 0.3) is 5.56 Å². The first-order valence-electron chi connectivity index (χ1n) is 9.22. The molecule has 0 saturated heterocycles. The number of nitrogens with zero attached hydrogens (tertiary/aromatic N) is 3. The molecule has 2 heterocycles. The lowest BCUT2D eigenvalue weighted by molar-refractivity contribution is 0.244. The van der Waals surface area contributed by atoms with Crippen LogP contribution in [0.15, 0.2) is 10.9 Å². The Labute approximate surface area is 152 Å². The summed E-state index contributed by atoms with van der Waals surface area (Å²) in [5.41, 5.74) is 1.86. The molecule has 0 atom stereocenters. The molecule has 3 rings (SSSR count). The molecule has 1 aliphatic rings. The number of hydrogen-bond donors (Lipinski definition) is 3. The topological polar surface area (TPSA) is 105 Å². The molecule has 8 heteroatoms. The van der Waals surface area contributed by atoms with Crippen molar-refractivity contribution in [2.24, 2.45) is 0 Å². The molecule has 0 bridgehead atoms. The van der Waals surface area contributed by atoms with Gasteiger partial charge in [-0.25, -0.2) is 9.78 Å². The minimum Gasteiger partial charge on any atom is -0.335 e. The molecular formula is C18H26N6O2.